The SMILES string of the molecule is NCC1(CO)CC1c1cccc(Cl)c1. The molecule has 3 heteroatoms. The molecule has 0 amide bonds. The smallest absolute Gasteiger partial charge is 0.0505 e. The largest absolute Gasteiger partial charge is 0.396 e. The van der Waals surface area contributed by atoms with Gasteiger partial charge in [-0.25, -0.2) is 0 Å². The zero-order chi connectivity index (χ0) is 10.2. The van der Waals surface area contributed by atoms with Crippen LogP contribution in [-0.4, -0.2) is 18.3 Å². The van der Waals surface area contributed by atoms with Crippen LogP contribution < -0.4 is 5.73 Å². The third kappa shape index (κ3) is 1.54. The lowest BCUT2D eigenvalue weighted by molar-refractivity contribution is 0.211. The molecule has 0 bridgehead atoms. The minimum absolute atomic E-state index is 0.0787. The molecule has 1 saturated carbocycles. The van der Waals surface area contributed by atoms with Crippen molar-refractivity contribution in [1.82, 2.24) is 0 Å². The van der Waals surface area contributed by atoms with E-state index in [9.17, 15) is 5.11 Å². The van der Waals surface area contributed by atoms with Crippen molar-refractivity contribution in [1.29, 1.82) is 0 Å². The van der Waals surface area contributed by atoms with Crippen molar-refractivity contribution >= 4 is 11.6 Å². The van der Waals surface area contributed by atoms with Crippen LogP contribution in [-0.2, 0) is 0 Å². The first kappa shape index (κ1) is 9.97. The van der Waals surface area contributed by atoms with Crippen LogP contribution in [0.3, 0.4) is 0 Å². The summed E-state index contributed by atoms with van der Waals surface area (Å²) in [6.45, 7) is 0.710. The highest BCUT2D eigenvalue weighted by atomic mass is 35.5. The average Bonchev–Trinajstić information content (AvgIpc) is 2.93. The Hall–Kier alpha value is -0.570. The molecule has 0 heterocycles. The summed E-state index contributed by atoms with van der Waals surface area (Å²) in [6.07, 6.45) is 0.973. The van der Waals surface area contributed by atoms with Crippen molar-refractivity contribution in [3.8, 4) is 0 Å². The van der Waals surface area contributed by atoms with E-state index in [1.54, 1.807) is 0 Å². The highest BCUT2D eigenvalue weighted by molar-refractivity contribution is 6.30. The van der Waals surface area contributed by atoms with Gasteiger partial charge in [-0.15, -0.1) is 0 Å². The van der Waals surface area contributed by atoms with Crippen molar-refractivity contribution in [2.75, 3.05) is 13.2 Å². The van der Waals surface area contributed by atoms with Gasteiger partial charge in [-0.05, 0) is 30.0 Å². The predicted octanol–water partition coefficient (Wildman–Crippen LogP) is 1.76. The monoisotopic (exact) mass is 211 g/mol. The van der Waals surface area contributed by atoms with Crippen LogP contribution in [0.25, 0.3) is 0 Å². The van der Waals surface area contributed by atoms with E-state index in [-0.39, 0.29) is 12.0 Å². The predicted molar refractivity (Wildman–Crippen MR) is 57.4 cm³/mol. The van der Waals surface area contributed by atoms with E-state index >= 15 is 0 Å². The maximum absolute atomic E-state index is 9.24. The summed E-state index contributed by atoms with van der Waals surface area (Å²) in [4.78, 5) is 0. The van der Waals surface area contributed by atoms with Gasteiger partial charge in [0.15, 0.2) is 0 Å². The Balaban J connectivity index is 2.19. The molecule has 2 rings (SSSR count). The summed E-state index contributed by atoms with van der Waals surface area (Å²) in [5.41, 5.74) is 6.77. The second-order valence-electron chi connectivity index (χ2n) is 4.04. The highest BCUT2D eigenvalue weighted by Gasteiger charge is 2.53. The van der Waals surface area contributed by atoms with Crippen molar-refractivity contribution in [2.24, 2.45) is 11.1 Å². The number of aliphatic hydroxyl groups excluding tert-OH is 1. The molecule has 1 aliphatic carbocycles. The Labute approximate surface area is 88.7 Å². The van der Waals surface area contributed by atoms with E-state index in [1.165, 1.54) is 5.56 Å². The molecule has 2 nitrogen and oxygen atoms in total. The maximum atomic E-state index is 9.24. The minimum Gasteiger partial charge on any atom is -0.396 e. The van der Waals surface area contributed by atoms with E-state index in [0.29, 0.717) is 12.5 Å². The van der Waals surface area contributed by atoms with Crippen LogP contribution in [0, 0.1) is 5.41 Å². The van der Waals surface area contributed by atoms with Crippen LogP contribution in [0.1, 0.15) is 17.9 Å². The first-order valence-corrected chi connectivity index (χ1v) is 5.16. The molecule has 1 aliphatic rings. The number of benzene rings is 1. The molecule has 2 atom stereocenters. The summed E-state index contributed by atoms with van der Waals surface area (Å²) in [5, 5.41) is 9.99. The van der Waals surface area contributed by atoms with E-state index in [2.05, 4.69) is 0 Å². The molecule has 14 heavy (non-hydrogen) atoms. The normalized spacial score (nSPS) is 30.4. The van der Waals surface area contributed by atoms with E-state index < -0.39 is 0 Å². The molecule has 1 aromatic carbocycles. The fourth-order valence-electron chi connectivity index (χ4n) is 2.01. The lowest BCUT2D eigenvalue weighted by Crippen LogP contribution is -2.21. The molecule has 0 aromatic heterocycles. The maximum Gasteiger partial charge on any atom is 0.0505 e. The summed E-state index contributed by atoms with van der Waals surface area (Å²) in [6, 6.07) is 7.80. The van der Waals surface area contributed by atoms with Crippen LogP contribution in [0.4, 0.5) is 0 Å². The molecule has 3 N–H and O–H groups in total. The van der Waals surface area contributed by atoms with E-state index in [0.717, 1.165) is 11.4 Å². The van der Waals surface area contributed by atoms with Crippen LogP contribution >= 0.6 is 11.6 Å². The first-order chi connectivity index (χ1) is 6.72. The number of nitrogens with two attached hydrogens (primary N) is 1. The van der Waals surface area contributed by atoms with Crippen molar-refractivity contribution < 1.29 is 5.11 Å². The third-order valence-electron chi connectivity index (χ3n) is 3.16. The number of rotatable bonds is 3. The molecule has 76 valence electrons. The second kappa shape index (κ2) is 3.54. The van der Waals surface area contributed by atoms with Crippen molar-refractivity contribution in [2.45, 2.75) is 12.3 Å². The molecule has 2 unspecified atom stereocenters. The Morgan fingerprint density at radius 1 is 1.57 bits per heavy atom. The quantitative estimate of drug-likeness (QED) is 0.801. The van der Waals surface area contributed by atoms with Gasteiger partial charge in [0.2, 0.25) is 0 Å². The molecule has 0 aliphatic heterocycles. The molecule has 0 spiro atoms. The van der Waals surface area contributed by atoms with Gasteiger partial charge in [0.1, 0.15) is 0 Å². The van der Waals surface area contributed by atoms with Gasteiger partial charge in [0.05, 0.1) is 6.61 Å². The topological polar surface area (TPSA) is 46.2 Å². The molecule has 1 fully saturated rings. The second-order valence-corrected chi connectivity index (χ2v) is 4.47. The molecule has 0 radical (unpaired) electrons. The summed E-state index contributed by atoms with van der Waals surface area (Å²) >= 11 is 5.90. The van der Waals surface area contributed by atoms with Crippen molar-refractivity contribution in [3.05, 3.63) is 34.9 Å². The summed E-state index contributed by atoms with van der Waals surface area (Å²) < 4.78 is 0. The fourth-order valence-corrected chi connectivity index (χ4v) is 2.21. The first-order valence-electron chi connectivity index (χ1n) is 4.78. The van der Waals surface area contributed by atoms with Gasteiger partial charge in [0.25, 0.3) is 0 Å². The lowest BCUT2D eigenvalue weighted by atomic mass is 10.0. The Kier molecular flexibility index (Phi) is 2.52. The zero-order valence-corrected chi connectivity index (χ0v) is 8.67. The third-order valence-corrected chi connectivity index (χ3v) is 3.40. The number of hydrogen-bond donors (Lipinski definition) is 2. The van der Waals surface area contributed by atoms with Crippen LogP contribution in [0.2, 0.25) is 5.02 Å². The standard InChI is InChI=1S/C11H14ClNO/c12-9-3-1-2-8(4-9)10-5-11(10,6-13)7-14/h1-4,10,14H,5-7,13H2. The Morgan fingerprint density at radius 3 is 2.86 bits per heavy atom. The van der Waals surface area contributed by atoms with Gasteiger partial charge in [0, 0.05) is 17.0 Å². The summed E-state index contributed by atoms with van der Waals surface area (Å²) in [5.74, 6) is 0.385. The summed E-state index contributed by atoms with van der Waals surface area (Å²) in [7, 11) is 0. The van der Waals surface area contributed by atoms with E-state index in [1.807, 2.05) is 24.3 Å². The lowest BCUT2D eigenvalue weighted by Gasteiger charge is -2.10. The molecule has 0 saturated heterocycles. The molecular weight excluding hydrogens is 198 g/mol. The van der Waals surface area contributed by atoms with Gasteiger partial charge < -0.3 is 10.8 Å². The van der Waals surface area contributed by atoms with Crippen LogP contribution in [0.15, 0.2) is 24.3 Å². The Bertz CT molecular complexity index is 336. The average molecular weight is 212 g/mol. The minimum atomic E-state index is -0.0787. The highest BCUT2D eigenvalue weighted by Crippen LogP contribution is 2.58. The van der Waals surface area contributed by atoms with Gasteiger partial charge >= 0.3 is 0 Å². The van der Waals surface area contributed by atoms with Gasteiger partial charge in [-0.3, -0.25) is 0 Å². The number of hydrogen-bond acceptors (Lipinski definition) is 2. The van der Waals surface area contributed by atoms with Crippen LogP contribution in [0.5, 0.6) is 0 Å². The number of halogens is 1. The van der Waals surface area contributed by atoms with Gasteiger partial charge in [-0.1, -0.05) is 23.7 Å². The van der Waals surface area contributed by atoms with E-state index in [4.69, 9.17) is 17.3 Å². The molecular formula is C11H14ClNO. The number of aliphatic hydroxyl groups is 1. The Morgan fingerprint density at radius 2 is 2.36 bits per heavy atom. The fraction of sp³-hybridized carbons (Fsp3) is 0.455. The van der Waals surface area contributed by atoms with Gasteiger partial charge in [-0.2, -0.15) is 0 Å². The van der Waals surface area contributed by atoms with Crippen molar-refractivity contribution in [3.63, 3.8) is 0 Å². The zero-order valence-electron chi connectivity index (χ0n) is 7.91. The molecule has 1 aromatic rings.